The summed E-state index contributed by atoms with van der Waals surface area (Å²) < 4.78 is 24.1. The van der Waals surface area contributed by atoms with E-state index in [1.807, 2.05) is 0 Å². The van der Waals surface area contributed by atoms with E-state index in [2.05, 4.69) is 0 Å². The molecule has 0 aromatic rings. The van der Waals surface area contributed by atoms with Crippen molar-refractivity contribution >= 4 is 11.0 Å². The number of hydrogen-bond donors (Lipinski definition) is 1. The predicted octanol–water partition coefficient (Wildman–Crippen LogP) is -3.23. The summed E-state index contributed by atoms with van der Waals surface area (Å²) in [7, 11) is -2.86. The van der Waals surface area contributed by atoms with Crippen LogP contribution in [-0.4, -0.2) is 4.55 Å². The van der Waals surface area contributed by atoms with E-state index in [4.69, 9.17) is 13.0 Å². The van der Waals surface area contributed by atoms with Crippen molar-refractivity contribution in [2.45, 2.75) is 0 Å². The third-order valence-corrected chi connectivity index (χ3v) is 0. The molecule has 0 aliphatic rings. The van der Waals surface area contributed by atoms with Crippen LogP contribution in [0.2, 0.25) is 0 Å². The molecule has 0 aliphatic carbocycles. The molecule has 0 heterocycles. The molecule has 5 heavy (non-hydrogen) atoms. The number of rotatable bonds is 0. The summed E-state index contributed by atoms with van der Waals surface area (Å²) in [6.07, 6.45) is 0. The van der Waals surface area contributed by atoms with Crippen molar-refractivity contribution < 1.29 is 42.5 Å². The fraction of sp³-hybridized carbons (Fsp3) is 0. The van der Waals surface area contributed by atoms with Crippen molar-refractivity contribution in [2.75, 3.05) is 0 Å². The van der Waals surface area contributed by atoms with Crippen molar-refractivity contribution in [2.24, 2.45) is 0 Å². The van der Waals surface area contributed by atoms with Crippen molar-refractivity contribution in [3.63, 3.8) is 0 Å². The van der Waals surface area contributed by atoms with E-state index in [0.717, 1.165) is 0 Å². The third kappa shape index (κ3) is 50.2. The minimum atomic E-state index is -2.86. The van der Waals surface area contributed by atoms with Gasteiger partial charge < -0.3 is 13.0 Å². The molecule has 3 nitrogen and oxygen atoms in total. The predicted molar refractivity (Wildman–Crippen MR) is 11.4 cm³/mol. The van der Waals surface area contributed by atoms with Gasteiger partial charge in [-0.15, -0.1) is 0 Å². The molecule has 0 radical (unpaired) electrons. The van der Waals surface area contributed by atoms with Crippen LogP contribution in [0.4, 0.5) is 0 Å². The Morgan fingerprint density at radius 1 is 1.40 bits per heavy atom. The Balaban J connectivity index is 0. The second kappa shape index (κ2) is 4.91. The van der Waals surface area contributed by atoms with Gasteiger partial charge in [0.2, 0.25) is 0 Å². The quantitative estimate of drug-likeness (QED) is 0.145. The number of hydrogen-bond acceptors (Lipinski definition) is 3. The first-order valence-electron chi connectivity index (χ1n) is 0.516. The fourth-order valence-electron chi connectivity index (χ4n) is 0. The van der Waals surface area contributed by atoms with E-state index in [1.54, 1.807) is 0 Å². The van der Waals surface area contributed by atoms with E-state index in [0.29, 0.717) is 0 Å². The molecule has 0 rings (SSSR count). The average molecular weight is 82.1 g/mol. The SMILES string of the molecule is O=[S-](=O)O.[1Na+]. The maximum absolute atomic E-state index is 8.56. The first-order valence-corrected chi connectivity index (χ1v) is 1.55. The van der Waals surface area contributed by atoms with Gasteiger partial charge in [0, 0.05) is 11.0 Å². The van der Waals surface area contributed by atoms with Crippen LogP contribution < -0.4 is 29.6 Å². The second-order valence-electron chi connectivity index (χ2n) is 0.217. The van der Waals surface area contributed by atoms with E-state index in [9.17, 15) is 0 Å². The molecule has 0 atom stereocenters. The van der Waals surface area contributed by atoms with Gasteiger partial charge in [-0.3, -0.25) is 0 Å². The second-order valence-corrected chi connectivity index (χ2v) is 0.651. The first kappa shape index (κ1) is 9.32. The van der Waals surface area contributed by atoms with Crippen LogP contribution in [0.25, 0.3) is 0 Å². The Labute approximate surface area is 53.4 Å². The molecule has 1 N–H and O–H groups in total. The molecule has 0 bridgehead atoms. The van der Waals surface area contributed by atoms with Crippen LogP contribution in [-0.2, 0) is 19.4 Å². The van der Waals surface area contributed by atoms with Gasteiger partial charge in [0.1, 0.15) is 0 Å². The van der Waals surface area contributed by atoms with Gasteiger partial charge in [-0.2, -0.15) is 0 Å². The van der Waals surface area contributed by atoms with Gasteiger partial charge in [0.05, 0.1) is 0 Å². The van der Waals surface area contributed by atoms with E-state index >= 15 is 0 Å². The Kier molecular flexibility index (Phi) is 9.15. The van der Waals surface area contributed by atoms with Gasteiger partial charge in [-0.25, -0.2) is 0 Å². The minimum absolute atomic E-state index is 0. The Morgan fingerprint density at radius 2 is 1.40 bits per heavy atom. The molecule has 26 valence electrons. The topological polar surface area (TPSA) is 54.4 Å². The molecular weight excluding hydrogens is 81.1 g/mol. The van der Waals surface area contributed by atoms with Gasteiger partial charge in [-0.1, -0.05) is 0 Å². The van der Waals surface area contributed by atoms with Crippen LogP contribution in [0.15, 0.2) is 0 Å². The molecule has 0 fully saturated rings. The fourth-order valence-corrected chi connectivity index (χ4v) is 0. The van der Waals surface area contributed by atoms with Crippen LogP contribution in [0, 0.1) is 0 Å². The van der Waals surface area contributed by atoms with E-state index in [1.165, 1.54) is 0 Å². The van der Waals surface area contributed by atoms with Gasteiger partial charge in [-0.05, 0) is 0 Å². The maximum Gasteiger partial charge on any atom is 1.00 e. The molecular formula is HNaO3S. The molecule has 5 heteroatoms. The average Bonchev–Trinajstić information content (AvgIpc) is 0.811. The van der Waals surface area contributed by atoms with Crippen molar-refractivity contribution in [3.05, 3.63) is 0 Å². The Bertz CT molecular complexity index is 55.3. The Morgan fingerprint density at radius 3 is 1.40 bits per heavy atom. The van der Waals surface area contributed by atoms with Gasteiger partial charge in [0.25, 0.3) is 0 Å². The standard InChI is InChI=1S/Na.HO3S/c;1-4(2)3/h;(H,1,2,3)/q+1;-1/i1-22;. The van der Waals surface area contributed by atoms with Crippen molar-refractivity contribution in [3.8, 4) is 0 Å². The summed E-state index contributed by atoms with van der Waals surface area (Å²) >= 11 is 0. The molecule has 0 spiro atoms. The zero-order chi connectivity index (χ0) is 3.58. The monoisotopic (exact) mass is 82.0 g/mol. The first-order chi connectivity index (χ1) is 1.73. The summed E-state index contributed by atoms with van der Waals surface area (Å²) in [4.78, 5) is 0. The molecule has 0 saturated carbocycles. The molecule has 0 aliphatic heterocycles. The molecule has 0 unspecified atom stereocenters. The minimum Gasteiger partial charge on any atom is -0.439 e. The summed E-state index contributed by atoms with van der Waals surface area (Å²) in [6.45, 7) is 0. The summed E-state index contributed by atoms with van der Waals surface area (Å²) in [6, 6.07) is 0. The molecule has 0 saturated heterocycles. The van der Waals surface area contributed by atoms with Crippen molar-refractivity contribution in [1.82, 2.24) is 0 Å². The summed E-state index contributed by atoms with van der Waals surface area (Å²) in [5.41, 5.74) is 0. The van der Waals surface area contributed by atoms with Gasteiger partial charge >= 0.3 is 29.6 Å². The van der Waals surface area contributed by atoms with Crippen molar-refractivity contribution in [1.29, 1.82) is 0 Å². The van der Waals surface area contributed by atoms with E-state index in [-0.39, 0.29) is 29.6 Å². The third-order valence-electron chi connectivity index (χ3n) is 0. The summed E-state index contributed by atoms with van der Waals surface area (Å²) in [5, 5.41) is 0. The van der Waals surface area contributed by atoms with Crippen LogP contribution in [0.1, 0.15) is 0 Å². The smallest absolute Gasteiger partial charge is 0.439 e. The molecule has 0 aromatic carbocycles. The van der Waals surface area contributed by atoms with Crippen LogP contribution >= 0.6 is 0 Å². The van der Waals surface area contributed by atoms with Crippen LogP contribution in [0.3, 0.4) is 0 Å². The molecule has 0 amide bonds. The Hall–Kier alpha value is 0.910. The van der Waals surface area contributed by atoms with Crippen LogP contribution in [0.5, 0.6) is 0 Å². The summed E-state index contributed by atoms with van der Waals surface area (Å²) in [5.74, 6) is 0. The molecule has 0 aromatic heterocycles. The maximum atomic E-state index is 8.56. The largest absolute Gasteiger partial charge is 1.00 e. The zero-order valence-corrected chi connectivity index (χ0v) is 5.49. The zero-order valence-electron chi connectivity index (χ0n) is 2.67. The normalized spacial score (nSPS) is 6.80. The van der Waals surface area contributed by atoms with Gasteiger partial charge in [0.15, 0.2) is 0 Å². The van der Waals surface area contributed by atoms with E-state index < -0.39 is 11.0 Å².